The summed E-state index contributed by atoms with van der Waals surface area (Å²) in [6.07, 6.45) is 2.78. The van der Waals surface area contributed by atoms with Crippen molar-refractivity contribution < 1.29 is 8.78 Å². The number of rotatable bonds is 2. The maximum Gasteiger partial charge on any atom is 0.250 e. The molecule has 1 atom stereocenters. The normalized spacial score (nSPS) is 21.8. The summed E-state index contributed by atoms with van der Waals surface area (Å²) in [4.78, 5) is 11.7. The highest BCUT2D eigenvalue weighted by atomic mass is 35.5. The third-order valence-corrected chi connectivity index (χ3v) is 7.93. The minimum atomic E-state index is -2.66. The van der Waals surface area contributed by atoms with Crippen LogP contribution in [0.1, 0.15) is 31.4 Å². The molecule has 3 aromatic heterocycles. The summed E-state index contributed by atoms with van der Waals surface area (Å²) in [5, 5.41) is 13.3. The molecule has 8 nitrogen and oxygen atoms in total. The van der Waals surface area contributed by atoms with Gasteiger partial charge in [0.15, 0.2) is 5.82 Å². The lowest BCUT2D eigenvalue weighted by molar-refractivity contribution is -0.00684. The van der Waals surface area contributed by atoms with E-state index in [0.717, 1.165) is 28.0 Å². The largest absolute Gasteiger partial charge is 0.355 e. The molecule has 3 N–H and O–H groups in total. The van der Waals surface area contributed by atoms with Crippen molar-refractivity contribution in [2.75, 3.05) is 18.0 Å². The van der Waals surface area contributed by atoms with Gasteiger partial charge in [-0.3, -0.25) is 9.78 Å². The van der Waals surface area contributed by atoms with E-state index < -0.39 is 17.4 Å². The van der Waals surface area contributed by atoms with Crippen LogP contribution in [0.2, 0.25) is 5.02 Å². The number of aromatic nitrogens is 6. The smallest absolute Gasteiger partial charge is 0.250 e. The fraction of sp³-hybridized carbons (Fsp3) is 0.478. The third-order valence-electron chi connectivity index (χ3n) is 7.52. The minimum Gasteiger partial charge on any atom is -0.355 e. The molecule has 1 saturated carbocycles. The lowest BCUT2D eigenvalue weighted by Gasteiger charge is -2.42. The van der Waals surface area contributed by atoms with Crippen molar-refractivity contribution >= 4 is 39.5 Å². The van der Waals surface area contributed by atoms with E-state index in [-0.39, 0.29) is 12.8 Å². The summed E-state index contributed by atoms with van der Waals surface area (Å²) in [5.41, 5.74) is 9.84. The number of anilines is 1. The van der Waals surface area contributed by atoms with Crippen LogP contribution in [0, 0.1) is 12.3 Å². The maximum absolute atomic E-state index is 14.0. The number of piperidine rings is 1. The Morgan fingerprint density at radius 2 is 1.97 bits per heavy atom. The van der Waals surface area contributed by atoms with E-state index in [1.165, 1.54) is 0 Å². The molecule has 34 heavy (non-hydrogen) atoms. The minimum absolute atomic E-state index is 0.122. The molecule has 0 bridgehead atoms. The highest BCUT2D eigenvalue weighted by Gasteiger charge is 2.55. The quantitative estimate of drug-likeness (QED) is 0.440. The van der Waals surface area contributed by atoms with Crippen molar-refractivity contribution in [3.05, 3.63) is 29.0 Å². The van der Waals surface area contributed by atoms with Gasteiger partial charge in [-0.1, -0.05) is 11.6 Å². The molecule has 11 heteroatoms. The Balaban J connectivity index is 1.32. The molecule has 2 aliphatic rings. The van der Waals surface area contributed by atoms with Gasteiger partial charge < -0.3 is 10.6 Å². The Bertz CT molecular complexity index is 1420. The van der Waals surface area contributed by atoms with Crippen molar-refractivity contribution in [3.63, 3.8) is 0 Å². The molecule has 1 aliphatic heterocycles. The van der Waals surface area contributed by atoms with E-state index in [1.807, 2.05) is 32.3 Å². The number of nitrogens with one attached hydrogen (secondary N) is 1. The van der Waals surface area contributed by atoms with E-state index in [4.69, 9.17) is 27.3 Å². The van der Waals surface area contributed by atoms with Crippen molar-refractivity contribution in [1.29, 1.82) is 0 Å². The van der Waals surface area contributed by atoms with Crippen LogP contribution in [-0.2, 0) is 7.05 Å². The molecule has 6 rings (SSSR count). The molecule has 0 amide bonds. The number of H-pyrrole nitrogens is 1. The second kappa shape index (κ2) is 7.32. The lowest BCUT2D eigenvalue weighted by Crippen LogP contribution is -2.47. The van der Waals surface area contributed by atoms with Crippen LogP contribution in [-0.4, -0.2) is 55.0 Å². The van der Waals surface area contributed by atoms with Crippen molar-refractivity contribution in [1.82, 2.24) is 29.9 Å². The fourth-order valence-electron chi connectivity index (χ4n) is 5.74. The fourth-order valence-corrected chi connectivity index (χ4v) is 6.04. The molecular formula is C23H25ClF2N8. The van der Waals surface area contributed by atoms with Gasteiger partial charge in [0, 0.05) is 56.2 Å². The molecule has 4 heterocycles. The highest BCUT2D eigenvalue weighted by Crippen LogP contribution is 2.52. The molecule has 1 spiro atoms. The number of aryl methyl sites for hydroxylation is 2. The first-order valence-electron chi connectivity index (χ1n) is 11.4. The average molecular weight is 487 g/mol. The van der Waals surface area contributed by atoms with E-state index >= 15 is 0 Å². The standard InChI is InChI=1S/C23H25ClF2N8/c1-12-21(34-7-5-22(6-8-34)11-23(25,26)9-16(22)27)29-20-19(28-12)18(30-31-20)13-3-4-15-14(17(13)24)10-33(2)32-15/h3-4,10,16H,5-9,11,27H2,1-2H3,(H,29,30,31)/t16-/m1/s1. The molecule has 1 aliphatic carbocycles. The second-order valence-corrected chi connectivity index (χ2v) is 10.1. The Morgan fingerprint density at radius 1 is 1.21 bits per heavy atom. The van der Waals surface area contributed by atoms with Crippen LogP contribution in [0.3, 0.4) is 0 Å². The van der Waals surface area contributed by atoms with Crippen LogP contribution < -0.4 is 10.6 Å². The first-order valence-corrected chi connectivity index (χ1v) is 11.8. The van der Waals surface area contributed by atoms with E-state index in [0.29, 0.717) is 47.8 Å². The predicted molar refractivity (Wildman–Crippen MR) is 127 cm³/mol. The summed E-state index contributed by atoms with van der Waals surface area (Å²) in [5.74, 6) is -1.94. The zero-order valence-corrected chi connectivity index (χ0v) is 19.7. The van der Waals surface area contributed by atoms with Crippen molar-refractivity contribution in [2.24, 2.45) is 18.2 Å². The topological polar surface area (TPSA) is 102 Å². The van der Waals surface area contributed by atoms with Crippen molar-refractivity contribution in [3.8, 4) is 11.3 Å². The van der Waals surface area contributed by atoms with E-state index in [9.17, 15) is 8.78 Å². The predicted octanol–water partition coefficient (Wildman–Crippen LogP) is 4.21. The Kier molecular flexibility index (Phi) is 4.67. The SMILES string of the molecule is Cc1nc2c(-c3ccc4nn(C)cc4c3Cl)[nH]nc2nc1N1CCC2(CC1)CC(F)(F)C[C@H]2N. The number of aromatic amines is 1. The summed E-state index contributed by atoms with van der Waals surface area (Å²) in [7, 11) is 1.85. The summed E-state index contributed by atoms with van der Waals surface area (Å²) >= 11 is 6.71. The molecule has 0 radical (unpaired) electrons. The molecular weight excluding hydrogens is 462 g/mol. The summed E-state index contributed by atoms with van der Waals surface area (Å²) in [6.45, 7) is 3.14. The lowest BCUT2D eigenvalue weighted by atomic mass is 9.74. The molecule has 1 aromatic carbocycles. The maximum atomic E-state index is 14.0. The number of nitrogens with two attached hydrogens (primary N) is 1. The monoisotopic (exact) mass is 486 g/mol. The second-order valence-electron chi connectivity index (χ2n) is 9.76. The number of hydrogen-bond acceptors (Lipinski definition) is 6. The zero-order valence-electron chi connectivity index (χ0n) is 18.9. The van der Waals surface area contributed by atoms with Gasteiger partial charge in [0.25, 0.3) is 0 Å². The van der Waals surface area contributed by atoms with Crippen LogP contribution in [0.25, 0.3) is 33.3 Å². The number of fused-ring (bicyclic) bond motifs is 2. The highest BCUT2D eigenvalue weighted by molar-refractivity contribution is 6.38. The first-order chi connectivity index (χ1) is 16.2. The van der Waals surface area contributed by atoms with Crippen LogP contribution in [0.4, 0.5) is 14.6 Å². The molecule has 2 fully saturated rings. The van der Waals surface area contributed by atoms with Crippen LogP contribution in [0.5, 0.6) is 0 Å². The first kappa shape index (κ1) is 21.7. The van der Waals surface area contributed by atoms with Crippen LogP contribution >= 0.6 is 11.6 Å². The molecule has 1 saturated heterocycles. The molecule has 4 aromatic rings. The van der Waals surface area contributed by atoms with Gasteiger partial charge in [-0.15, -0.1) is 0 Å². The van der Waals surface area contributed by atoms with Crippen molar-refractivity contribution in [2.45, 2.75) is 44.6 Å². The third kappa shape index (κ3) is 3.26. The number of benzene rings is 1. The van der Waals surface area contributed by atoms with Gasteiger partial charge in [0.1, 0.15) is 5.52 Å². The molecule has 0 unspecified atom stereocenters. The number of hydrogen-bond donors (Lipinski definition) is 2. The number of alkyl halides is 2. The molecule has 178 valence electrons. The zero-order chi connectivity index (χ0) is 23.8. The van der Waals surface area contributed by atoms with Gasteiger partial charge in [-0.2, -0.15) is 10.2 Å². The number of halogens is 3. The average Bonchev–Trinajstić information content (AvgIpc) is 3.42. The van der Waals surface area contributed by atoms with Gasteiger partial charge in [0.2, 0.25) is 11.6 Å². The Labute approximate surface area is 199 Å². The Hall–Kier alpha value is -2.85. The van der Waals surface area contributed by atoms with Gasteiger partial charge in [0.05, 0.1) is 21.9 Å². The van der Waals surface area contributed by atoms with E-state index in [1.54, 1.807) is 4.68 Å². The van der Waals surface area contributed by atoms with Gasteiger partial charge in [-0.25, -0.2) is 18.7 Å². The summed E-state index contributed by atoms with van der Waals surface area (Å²) in [6, 6.07) is 3.36. The summed E-state index contributed by atoms with van der Waals surface area (Å²) < 4.78 is 29.7. The van der Waals surface area contributed by atoms with Gasteiger partial charge in [-0.05, 0) is 37.3 Å². The Morgan fingerprint density at radius 3 is 2.68 bits per heavy atom. The van der Waals surface area contributed by atoms with Gasteiger partial charge >= 0.3 is 0 Å². The van der Waals surface area contributed by atoms with Crippen LogP contribution in [0.15, 0.2) is 18.3 Å². The number of nitrogens with zero attached hydrogens (tertiary/aromatic N) is 6. The van der Waals surface area contributed by atoms with E-state index in [2.05, 4.69) is 20.2 Å².